The molecule has 1 aromatic carbocycles. The standard InChI is InChI=1S/C19H28O/c1-15(2)14-16-10-12-18(13-11-16)19(20)17-8-6-4-3-5-7-9-17/h10-13,15,17H,3-9,14H2,1-2H3. The molecule has 0 amide bonds. The molecule has 1 heteroatoms. The van der Waals surface area contributed by atoms with E-state index in [4.69, 9.17) is 0 Å². The van der Waals surface area contributed by atoms with Gasteiger partial charge in [-0.2, -0.15) is 0 Å². The highest BCUT2D eigenvalue weighted by molar-refractivity contribution is 5.97. The minimum atomic E-state index is 0.270. The Morgan fingerprint density at radius 2 is 1.55 bits per heavy atom. The van der Waals surface area contributed by atoms with E-state index in [0.29, 0.717) is 11.7 Å². The van der Waals surface area contributed by atoms with Gasteiger partial charge in [-0.1, -0.05) is 70.2 Å². The van der Waals surface area contributed by atoms with Gasteiger partial charge in [-0.05, 0) is 30.7 Å². The summed E-state index contributed by atoms with van der Waals surface area (Å²) in [7, 11) is 0. The molecule has 1 fully saturated rings. The highest BCUT2D eigenvalue weighted by Crippen LogP contribution is 2.25. The van der Waals surface area contributed by atoms with Gasteiger partial charge in [0.25, 0.3) is 0 Å². The van der Waals surface area contributed by atoms with Crippen LogP contribution in [0.3, 0.4) is 0 Å². The van der Waals surface area contributed by atoms with Crippen LogP contribution in [0.5, 0.6) is 0 Å². The molecule has 0 radical (unpaired) electrons. The van der Waals surface area contributed by atoms with Crippen LogP contribution in [-0.2, 0) is 6.42 Å². The van der Waals surface area contributed by atoms with Crippen LogP contribution in [0.4, 0.5) is 0 Å². The van der Waals surface area contributed by atoms with Crippen LogP contribution >= 0.6 is 0 Å². The second-order valence-corrected chi connectivity index (χ2v) is 6.70. The highest BCUT2D eigenvalue weighted by Gasteiger charge is 2.20. The Balaban J connectivity index is 2.00. The minimum Gasteiger partial charge on any atom is -0.294 e. The summed E-state index contributed by atoms with van der Waals surface area (Å²) < 4.78 is 0. The van der Waals surface area contributed by atoms with Crippen molar-refractivity contribution in [1.29, 1.82) is 0 Å². The Labute approximate surface area is 123 Å². The third-order valence-electron chi connectivity index (χ3n) is 4.36. The van der Waals surface area contributed by atoms with Crippen LogP contribution in [-0.4, -0.2) is 5.78 Å². The number of ketones is 1. The largest absolute Gasteiger partial charge is 0.294 e. The monoisotopic (exact) mass is 272 g/mol. The summed E-state index contributed by atoms with van der Waals surface area (Å²) in [6.07, 6.45) is 9.68. The molecule has 0 atom stereocenters. The summed E-state index contributed by atoms with van der Waals surface area (Å²) >= 11 is 0. The van der Waals surface area contributed by atoms with Crippen LogP contribution in [0.15, 0.2) is 24.3 Å². The van der Waals surface area contributed by atoms with Crippen LogP contribution in [0.1, 0.15) is 74.7 Å². The van der Waals surface area contributed by atoms with Crippen molar-refractivity contribution in [2.45, 2.75) is 65.2 Å². The molecule has 0 spiro atoms. The SMILES string of the molecule is CC(C)Cc1ccc(C(=O)C2CCCCCCC2)cc1. The van der Waals surface area contributed by atoms with Crippen LogP contribution in [0.25, 0.3) is 0 Å². The van der Waals surface area contributed by atoms with E-state index in [1.165, 1.54) is 37.7 Å². The molecule has 0 bridgehead atoms. The van der Waals surface area contributed by atoms with Crippen LogP contribution in [0, 0.1) is 11.8 Å². The summed E-state index contributed by atoms with van der Waals surface area (Å²) in [5, 5.41) is 0. The summed E-state index contributed by atoms with van der Waals surface area (Å²) in [6, 6.07) is 8.35. The van der Waals surface area contributed by atoms with Gasteiger partial charge in [0.2, 0.25) is 0 Å². The van der Waals surface area contributed by atoms with Gasteiger partial charge in [-0.15, -0.1) is 0 Å². The first-order chi connectivity index (χ1) is 9.66. The molecule has 0 heterocycles. The average Bonchev–Trinajstić information content (AvgIpc) is 2.38. The van der Waals surface area contributed by atoms with E-state index in [0.717, 1.165) is 24.8 Å². The van der Waals surface area contributed by atoms with Gasteiger partial charge in [0, 0.05) is 11.5 Å². The summed E-state index contributed by atoms with van der Waals surface area (Å²) in [4.78, 5) is 12.6. The topological polar surface area (TPSA) is 17.1 Å². The maximum atomic E-state index is 12.6. The second kappa shape index (κ2) is 7.61. The lowest BCUT2D eigenvalue weighted by Gasteiger charge is -2.18. The molecule has 1 aliphatic rings. The van der Waals surface area contributed by atoms with Crippen molar-refractivity contribution in [1.82, 2.24) is 0 Å². The van der Waals surface area contributed by atoms with Crippen molar-refractivity contribution in [2.75, 3.05) is 0 Å². The van der Waals surface area contributed by atoms with E-state index < -0.39 is 0 Å². The van der Waals surface area contributed by atoms with E-state index in [2.05, 4.69) is 26.0 Å². The van der Waals surface area contributed by atoms with Gasteiger partial charge in [-0.25, -0.2) is 0 Å². The molecule has 20 heavy (non-hydrogen) atoms. The maximum absolute atomic E-state index is 12.6. The smallest absolute Gasteiger partial charge is 0.165 e. The van der Waals surface area contributed by atoms with Crippen molar-refractivity contribution < 1.29 is 4.79 Å². The molecule has 1 saturated carbocycles. The Kier molecular flexibility index (Phi) is 5.82. The zero-order valence-corrected chi connectivity index (χ0v) is 13.0. The first kappa shape index (κ1) is 15.3. The normalized spacial score (nSPS) is 17.8. The van der Waals surface area contributed by atoms with Crippen molar-refractivity contribution in [3.63, 3.8) is 0 Å². The van der Waals surface area contributed by atoms with Gasteiger partial charge in [-0.3, -0.25) is 4.79 Å². The van der Waals surface area contributed by atoms with E-state index in [9.17, 15) is 4.79 Å². The lowest BCUT2D eigenvalue weighted by atomic mass is 9.85. The first-order valence-electron chi connectivity index (χ1n) is 8.30. The fourth-order valence-corrected chi connectivity index (χ4v) is 3.23. The molecule has 0 unspecified atom stereocenters. The maximum Gasteiger partial charge on any atom is 0.165 e. The number of hydrogen-bond acceptors (Lipinski definition) is 1. The summed E-state index contributed by atoms with van der Waals surface area (Å²) in [5.74, 6) is 1.32. The van der Waals surface area contributed by atoms with Crippen molar-refractivity contribution in [3.8, 4) is 0 Å². The van der Waals surface area contributed by atoms with E-state index in [1.54, 1.807) is 0 Å². The average molecular weight is 272 g/mol. The Morgan fingerprint density at radius 3 is 2.10 bits per heavy atom. The number of rotatable bonds is 4. The molecule has 0 N–H and O–H groups in total. The van der Waals surface area contributed by atoms with E-state index in [-0.39, 0.29) is 5.92 Å². The molecule has 0 saturated heterocycles. The van der Waals surface area contributed by atoms with Gasteiger partial charge in [0.05, 0.1) is 0 Å². The zero-order chi connectivity index (χ0) is 14.4. The van der Waals surface area contributed by atoms with Gasteiger partial charge in [0.15, 0.2) is 5.78 Å². The van der Waals surface area contributed by atoms with E-state index in [1.807, 2.05) is 12.1 Å². The predicted molar refractivity (Wildman–Crippen MR) is 85.1 cm³/mol. The number of benzene rings is 1. The number of Topliss-reactive ketones (excluding diaryl/α,β-unsaturated/α-hetero) is 1. The third-order valence-corrected chi connectivity index (χ3v) is 4.36. The quantitative estimate of drug-likeness (QED) is 0.668. The van der Waals surface area contributed by atoms with Crippen molar-refractivity contribution in [3.05, 3.63) is 35.4 Å². The van der Waals surface area contributed by atoms with Gasteiger partial charge >= 0.3 is 0 Å². The predicted octanol–water partition coefficient (Wildman–Crippen LogP) is 5.43. The van der Waals surface area contributed by atoms with Crippen molar-refractivity contribution >= 4 is 5.78 Å². The lowest BCUT2D eigenvalue weighted by Crippen LogP contribution is -2.16. The molecule has 0 aliphatic heterocycles. The molecule has 1 aromatic rings. The molecule has 2 rings (SSSR count). The lowest BCUT2D eigenvalue weighted by molar-refractivity contribution is 0.0898. The minimum absolute atomic E-state index is 0.270. The fraction of sp³-hybridized carbons (Fsp3) is 0.632. The molecular formula is C19H28O. The third kappa shape index (κ3) is 4.47. The molecular weight excluding hydrogens is 244 g/mol. The second-order valence-electron chi connectivity index (χ2n) is 6.70. The molecule has 110 valence electrons. The van der Waals surface area contributed by atoms with Crippen LogP contribution < -0.4 is 0 Å². The molecule has 0 aromatic heterocycles. The molecule has 1 aliphatic carbocycles. The van der Waals surface area contributed by atoms with Gasteiger partial charge in [0.1, 0.15) is 0 Å². The summed E-state index contributed by atoms with van der Waals surface area (Å²) in [6.45, 7) is 4.46. The Hall–Kier alpha value is -1.11. The van der Waals surface area contributed by atoms with Gasteiger partial charge < -0.3 is 0 Å². The molecule has 1 nitrogen and oxygen atoms in total. The number of carbonyl (C=O) groups is 1. The first-order valence-corrected chi connectivity index (χ1v) is 8.30. The van der Waals surface area contributed by atoms with E-state index >= 15 is 0 Å². The Bertz CT molecular complexity index is 408. The van der Waals surface area contributed by atoms with Crippen molar-refractivity contribution in [2.24, 2.45) is 11.8 Å². The summed E-state index contributed by atoms with van der Waals surface area (Å²) in [5.41, 5.74) is 2.26. The van der Waals surface area contributed by atoms with Crippen LogP contribution in [0.2, 0.25) is 0 Å². The zero-order valence-electron chi connectivity index (χ0n) is 13.0. The number of carbonyl (C=O) groups excluding carboxylic acids is 1. The highest BCUT2D eigenvalue weighted by atomic mass is 16.1. The fourth-order valence-electron chi connectivity index (χ4n) is 3.23. The Morgan fingerprint density at radius 1 is 1.00 bits per heavy atom. The number of hydrogen-bond donors (Lipinski definition) is 0.